The van der Waals surface area contributed by atoms with Crippen molar-refractivity contribution < 1.29 is 4.74 Å². The van der Waals surface area contributed by atoms with Gasteiger partial charge in [-0.05, 0) is 48.4 Å². The summed E-state index contributed by atoms with van der Waals surface area (Å²) in [5.74, 6) is 1.62. The molecule has 2 aromatic carbocycles. The Morgan fingerprint density at radius 1 is 1.00 bits per heavy atom. The average Bonchev–Trinajstić information content (AvgIpc) is 2.61. The molecule has 0 aromatic heterocycles. The van der Waals surface area contributed by atoms with Gasteiger partial charge in [-0.1, -0.05) is 48.9 Å². The molecule has 2 nitrogen and oxygen atoms in total. The van der Waals surface area contributed by atoms with E-state index in [4.69, 9.17) is 4.74 Å². The summed E-state index contributed by atoms with van der Waals surface area (Å²) in [7, 11) is 1.72. The molecule has 0 heterocycles. The zero-order valence-electron chi connectivity index (χ0n) is 13.3. The van der Waals surface area contributed by atoms with Crippen molar-refractivity contribution in [2.24, 2.45) is 0 Å². The second kappa shape index (κ2) is 7.46. The van der Waals surface area contributed by atoms with Crippen molar-refractivity contribution in [3.63, 3.8) is 0 Å². The number of hydrogen-bond acceptors (Lipinski definition) is 2. The van der Waals surface area contributed by atoms with Crippen LogP contribution in [0, 0.1) is 0 Å². The Kier molecular flexibility index (Phi) is 5.12. The van der Waals surface area contributed by atoms with Gasteiger partial charge in [0, 0.05) is 12.6 Å². The molecule has 0 bridgehead atoms. The molecule has 2 heteroatoms. The van der Waals surface area contributed by atoms with Crippen LogP contribution < -0.4 is 10.1 Å². The van der Waals surface area contributed by atoms with Gasteiger partial charge in [0.25, 0.3) is 0 Å². The Labute approximate surface area is 133 Å². The van der Waals surface area contributed by atoms with Gasteiger partial charge in [0.2, 0.25) is 0 Å². The molecule has 0 amide bonds. The minimum absolute atomic E-state index is 0.626. The molecule has 0 radical (unpaired) electrons. The molecule has 22 heavy (non-hydrogen) atoms. The number of benzene rings is 2. The molecule has 3 rings (SSSR count). The SMILES string of the molecule is COc1ccc([C@@H]2CCC[C@@H](NCc3ccccc3)C2)cc1. The number of nitrogens with one attached hydrogen (secondary N) is 1. The van der Waals surface area contributed by atoms with Crippen LogP contribution in [0.3, 0.4) is 0 Å². The summed E-state index contributed by atoms with van der Waals surface area (Å²) < 4.78 is 5.25. The molecule has 1 fully saturated rings. The summed E-state index contributed by atoms with van der Waals surface area (Å²) in [5.41, 5.74) is 2.82. The highest BCUT2D eigenvalue weighted by molar-refractivity contribution is 5.29. The predicted octanol–water partition coefficient (Wildman–Crippen LogP) is 4.51. The van der Waals surface area contributed by atoms with Crippen LogP contribution in [0.2, 0.25) is 0 Å². The maximum absolute atomic E-state index is 5.25. The molecule has 1 saturated carbocycles. The summed E-state index contributed by atoms with van der Waals surface area (Å²) >= 11 is 0. The third kappa shape index (κ3) is 3.89. The van der Waals surface area contributed by atoms with E-state index in [-0.39, 0.29) is 0 Å². The van der Waals surface area contributed by atoms with Crippen molar-refractivity contribution in [3.8, 4) is 5.75 Å². The van der Waals surface area contributed by atoms with Gasteiger partial charge in [0.05, 0.1) is 7.11 Å². The first-order chi connectivity index (χ1) is 10.8. The van der Waals surface area contributed by atoms with Gasteiger partial charge in [-0.2, -0.15) is 0 Å². The lowest BCUT2D eigenvalue weighted by atomic mass is 9.81. The summed E-state index contributed by atoms with van der Waals surface area (Å²) in [6, 6.07) is 19.9. The van der Waals surface area contributed by atoms with Gasteiger partial charge in [0.15, 0.2) is 0 Å². The lowest BCUT2D eigenvalue weighted by Crippen LogP contribution is -2.33. The van der Waals surface area contributed by atoms with Crippen LogP contribution in [-0.4, -0.2) is 13.2 Å². The molecule has 1 aliphatic carbocycles. The van der Waals surface area contributed by atoms with Crippen LogP contribution in [0.1, 0.15) is 42.7 Å². The number of methoxy groups -OCH3 is 1. The quantitative estimate of drug-likeness (QED) is 0.876. The van der Waals surface area contributed by atoms with Crippen molar-refractivity contribution in [2.75, 3.05) is 7.11 Å². The van der Waals surface area contributed by atoms with Gasteiger partial charge < -0.3 is 10.1 Å². The van der Waals surface area contributed by atoms with Gasteiger partial charge in [0.1, 0.15) is 5.75 Å². The number of rotatable bonds is 5. The van der Waals surface area contributed by atoms with E-state index >= 15 is 0 Å². The largest absolute Gasteiger partial charge is 0.497 e. The van der Waals surface area contributed by atoms with Gasteiger partial charge >= 0.3 is 0 Å². The van der Waals surface area contributed by atoms with Crippen LogP contribution in [0.25, 0.3) is 0 Å². The lowest BCUT2D eigenvalue weighted by Gasteiger charge is -2.30. The maximum Gasteiger partial charge on any atom is 0.118 e. The third-order valence-electron chi connectivity index (χ3n) is 4.70. The van der Waals surface area contributed by atoms with Gasteiger partial charge in [-0.25, -0.2) is 0 Å². The third-order valence-corrected chi connectivity index (χ3v) is 4.70. The summed E-state index contributed by atoms with van der Waals surface area (Å²) in [5, 5.41) is 3.74. The molecule has 0 saturated heterocycles. The molecule has 2 atom stereocenters. The molecule has 1 aliphatic rings. The molecule has 0 spiro atoms. The predicted molar refractivity (Wildman–Crippen MR) is 91.3 cm³/mol. The Hall–Kier alpha value is -1.80. The molecular weight excluding hydrogens is 270 g/mol. The van der Waals surface area contributed by atoms with Crippen molar-refractivity contribution in [1.29, 1.82) is 0 Å². The zero-order valence-corrected chi connectivity index (χ0v) is 13.3. The second-order valence-corrected chi connectivity index (χ2v) is 6.20. The van der Waals surface area contributed by atoms with Gasteiger partial charge in [-0.15, -0.1) is 0 Å². The van der Waals surface area contributed by atoms with E-state index in [1.165, 1.54) is 36.8 Å². The van der Waals surface area contributed by atoms with Crippen molar-refractivity contribution in [2.45, 2.75) is 44.2 Å². The minimum Gasteiger partial charge on any atom is -0.497 e. The Morgan fingerprint density at radius 2 is 1.77 bits per heavy atom. The summed E-state index contributed by atoms with van der Waals surface area (Å²) in [4.78, 5) is 0. The smallest absolute Gasteiger partial charge is 0.118 e. The van der Waals surface area contributed by atoms with Crippen molar-refractivity contribution in [3.05, 3.63) is 65.7 Å². The monoisotopic (exact) mass is 295 g/mol. The number of hydrogen-bond donors (Lipinski definition) is 1. The molecule has 0 unspecified atom stereocenters. The first-order valence-corrected chi connectivity index (χ1v) is 8.26. The van der Waals surface area contributed by atoms with Crippen LogP contribution >= 0.6 is 0 Å². The minimum atomic E-state index is 0.626. The lowest BCUT2D eigenvalue weighted by molar-refractivity contribution is 0.338. The fourth-order valence-corrected chi connectivity index (χ4v) is 3.41. The molecule has 2 aromatic rings. The standard InChI is InChI=1S/C20H25NO/c1-22-20-12-10-17(11-13-20)18-8-5-9-19(14-18)21-15-16-6-3-2-4-7-16/h2-4,6-7,10-13,18-19,21H,5,8-9,14-15H2,1H3/t18-,19-/m1/s1. The molecule has 1 N–H and O–H groups in total. The van der Waals surface area contributed by atoms with Crippen LogP contribution in [0.5, 0.6) is 5.75 Å². The fourth-order valence-electron chi connectivity index (χ4n) is 3.41. The second-order valence-electron chi connectivity index (χ2n) is 6.20. The first-order valence-electron chi connectivity index (χ1n) is 8.26. The Morgan fingerprint density at radius 3 is 2.50 bits per heavy atom. The average molecular weight is 295 g/mol. The normalized spacial score (nSPS) is 21.5. The Bertz CT molecular complexity index is 564. The highest BCUT2D eigenvalue weighted by Crippen LogP contribution is 2.33. The van der Waals surface area contributed by atoms with Gasteiger partial charge in [-0.3, -0.25) is 0 Å². The van der Waals surface area contributed by atoms with E-state index in [0.717, 1.165) is 12.3 Å². The highest BCUT2D eigenvalue weighted by Gasteiger charge is 2.22. The van der Waals surface area contributed by atoms with Crippen LogP contribution in [-0.2, 0) is 6.54 Å². The molecule has 0 aliphatic heterocycles. The van der Waals surface area contributed by atoms with E-state index in [2.05, 4.69) is 59.9 Å². The van der Waals surface area contributed by atoms with E-state index in [1.807, 2.05) is 0 Å². The zero-order chi connectivity index (χ0) is 15.2. The topological polar surface area (TPSA) is 21.3 Å². The maximum atomic E-state index is 5.25. The Balaban J connectivity index is 1.56. The van der Waals surface area contributed by atoms with Crippen molar-refractivity contribution >= 4 is 0 Å². The fraction of sp³-hybridized carbons (Fsp3) is 0.400. The van der Waals surface area contributed by atoms with E-state index in [0.29, 0.717) is 12.0 Å². The number of ether oxygens (including phenoxy) is 1. The molecular formula is C20H25NO. The highest BCUT2D eigenvalue weighted by atomic mass is 16.5. The van der Waals surface area contributed by atoms with E-state index in [9.17, 15) is 0 Å². The summed E-state index contributed by atoms with van der Waals surface area (Å²) in [6.45, 7) is 0.973. The van der Waals surface area contributed by atoms with Crippen LogP contribution in [0.4, 0.5) is 0 Å². The molecule has 116 valence electrons. The van der Waals surface area contributed by atoms with E-state index < -0.39 is 0 Å². The summed E-state index contributed by atoms with van der Waals surface area (Å²) in [6.07, 6.45) is 5.14. The van der Waals surface area contributed by atoms with Crippen molar-refractivity contribution in [1.82, 2.24) is 5.32 Å². The first kappa shape index (κ1) is 15.1. The van der Waals surface area contributed by atoms with E-state index in [1.54, 1.807) is 7.11 Å². The van der Waals surface area contributed by atoms with Crippen LogP contribution in [0.15, 0.2) is 54.6 Å².